The van der Waals surface area contributed by atoms with Gasteiger partial charge in [0, 0.05) is 32.2 Å². The first-order valence-corrected chi connectivity index (χ1v) is 8.11. The highest BCUT2D eigenvalue weighted by atomic mass is 19.3. The predicted octanol–water partition coefficient (Wildman–Crippen LogP) is 2.75. The van der Waals surface area contributed by atoms with Gasteiger partial charge < -0.3 is 4.74 Å². The molecule has 1 aliphatic heterocycles. The SMILES string of the molecule is FC(F)CN(Cc1ccc(CN2CCOCC2)cc1)C1CC1. The summed E-state index contributed by atoms with van der Waals surface area (Å²) in [5, 5.41) is 0. The fraction of sp³-hybridized carbons (Fsp3) is 0.647. The molecule has 22 heavy (non-hydrogen) atoms. The van der Waals surface area contributed by atoms with Gasteiger partial charge in [0.15, 0.2) is 0 Å². The van der Waals surface area contributed by atoms with Crippen LogP contribution < -0.4 is 0 Å². The standard InChI is InChI=1S/C17H24F2N2O/c18-17(19)13-21(16-5-6-16)12-15-3-1-14(2-4-15)11-20-7-9-22-10-8-20/h1-4,16-17H,5-13H2. The van der Waals surface area contributed by atoms with E-state index in [-0.39, 0.29) is 6.54 Å². The van der Waals surface area contributed by atoms with Gasteiger partial charge in [0.1, 0.15) is 0 Å². The fourth-order valence-electron chi connectivity index (χ4n) is 2.96. The molecule has 0 unspecified atom stereocenters. The molecule has 1 heterocycles. The summed E-state index contributed by atoms with van der Waals surface area (Å²) in [6.07, 6.45) is -0.134. The average Bonchev–Trinajstić information content (AvgIpc) is 3.34. The molecule has 1 saturated carbocycles. The molecular formula is C17H24F2N2O. The zero-order chi connectivity index (χ0) is 15.4. The van der Waals surface area contributed by atoms with Crippen molar-refractivity contribution in [1.82, 2.24) is 9.80 Å². The summed E-state index contributed by atoms with van der Waals surface area (Å²) in [5.74, 6) is 0. The van der Waals surface area contributed by atoms with Crippen LogP contribution in [0.5, 0.6) is 0 Å². The van der Waals surface area contributed by atoms with E-state index in [0.717, 1.165) is 51.3 Å². The molecule has 5 heteroatoms. The molecule has 1 aromatic carbocycles. The molecule has 0 spiro atoms. The number of hydrogen-bond acceptors (Lipinski definition) is 3. The lowest BCUT2D eigenvalue weighted by molar-refractivity contribution is 0.0342. The molecule has 2 fully saturated rings. The second-order valence-corrected chi connectivity index (χ2v) is 6.26. The van der Waals surface area contributed by atoms with Crippen molar-refractivity contribution in [1.29, 1.82) is 0 Å². The third kappa shape index (κ3) is 4.73. The average molecular weight is 310 g/mol. The van der Waals surface area contributed by atoms with Crippen LogP contribution in [-0.2, 0) is 17.8 Å². The Morgan fingerprint density at radius 2 is 1.73 bits per heavy atom. The van der Waals surface area contributed by atoms with Gasteiger partial charge in [0.2, 0.25) is 0 Å². The highest BCUT2D eigenvalue weighted by Crippen LogP contribution is 2.29. The van der Waals surface area contributed by atoms with Crippen LogP contribution in [0.25, 0.3) is 0 Å². The summed E-state index contributed by atoms with van der Waals surface area (Å²) in [5.41, 5.74) is 2.40. The van der Waals surface area contributed by atoms with Gasteiger partial charge >= 0.3 is 0 Å². The molecule has 122 valence electrons. The van der Waals surface area contributed by atoms with Gasteiger partial charge in [-0.15, -0.1) is 0 Å². The number of morpholine rings is 1. The maximum absolute atomic E-state index is 12.6. The van der Waals surface area contributed by atoms with Gasteiger partial charge in [-0.2, -0.15) is 0 Å². The minimum Gasteiger partial charge on any atom is -0.379 e. The number of halogens is 2. The number of ether oxygens (including phenoxy) is 1. The van der Waals surface area contributed by atoms with Crippen LogP contribution in [0.15, 0.2) is 24.3 Å². The maximum Gasteiger partial charge on any atom is 0.251 e. The van der Waals surface area contributed by atoms with Crippen molar-refractivity contribution in [3.05, 3.63) is 35.4 Å². The van der Waals surface area contributed by atoms with Crippen LogP contribution >= 0.6 is 0 Å². The highest BCUT2D eigenvalue weighted by molar-refractivity contribution is 5.22. The van der Waals surface area contributed by atoms with Crippen LogP contribution in [0.4, 0.5) is 8.78 Å². The van der Waals surface area contributed by atoms with E-state index in [9.17, 15) is 8.78 Å². The van der Waals surface area contributed by atoms with Crippen molar-refractivity contribution >= 4 is 0 Å². The Morgan fingerprint density at radius 3 is 2.32 bits per heavy atom. The Bertz CT molecular complexity index is 456. The van der Waals surface area contributed by atoms with E-state index in [2.05, 4.69) is 29.2 Å². The Labute approximate surface area is 130 Å². The quantitative estimate of drug-likeness (QED) is 0.770. The number of nitrogens with zero attached hydrogens (tertiary/aromatic N) is 2. The second kappa shape index (κ2) is 7.49. The third-order valence-electron chi connectivity index (χ3n) is 4.35. The largest absolute Gasteiger partial charge is 0.379 e. The molecule has 2 aliphatic rings. The number of benzene rings is 1. The van der Waals surface area contributed by atoms with Crippen LogP contribution in [0.2, 0.25) is 0 Å². The molecule has 1 aromatic rings. The maximum atomic E-state index is 12.6. The third-order valence-corrected chi connectivity index (χ3v) is 4.35. The first-order chi connectivity index (χ1) is 10.7. The lowest BCUT2D eigenvalue weighted by Gasteiger charge is -2.26. The van der Waals surface area contributed by atoms with E-state index in [1.165, 1.54) is 5.56 Å². The van der Waals surface area contributed by atoms with Gasteiger partial charge in [-0.1, -0.05) is 24.3 Å². The molecule has 3 rings (SSSR count). The molecule has 0 amide bonds. The van der Waals surface area contributed by atoms with Crippen LogP contribution in [0, 0.1) is 0 Å². The highest BCUT2D eigenvalue weighted by Gasteiger charge is 2.30. The Morgan fingerprint density at radius 1 is 1.09 bits per heavy atom. The summed E-state index contributed by atoms with van der Waals surface area (Å²) in [6.45, 7) is 5.03. The zero-order valence-corrected chi connectivity index (χ0v) is 12.9. The lowest BCUT2D eigenvalue weighted by atomic mass is 10.1. The van der Waals surface area contributed by atoms with Crippen molar-refractivity contribution in [2.75, 3.05) is 32.8 Å². The smallest absolute Gasteiger partial charge is 0.251 e. The summed E-state index contributed by atoms with van der Waals surface area (Å²) in [4.78, 5) is 4.30. The molecule has 0 atom stereocenters. The van der Waals surface area contributed by atoms with Gasteiger partial charge in [-0.25, -0.2) is 8.78 Å². The van der Waals surface area contributed by atoms with E-state index in [1.54, 1.807) is 0 Å². The van der Waals surface area contributed by atoms with Crippen molar-refractivity contribution < 1.29 is 13.5 Å². The van der Waals surface area contributed by atoms with Gasteiger partial charge in [-0.05, 0) is 24.0 Å². The van der Waals surface area contributed by atoms with E-state index in [0.29, 0.717) is 12.6 Å². The molecule has 3 nitrogen and oxygen atoms in total. The van der Waals surface area contributed by atoms with Crippen molar-refractivity contribution in [2.24, 2.45) is 0 Å². The molecule has 0 bridgehead atoms. The summed E-state index contributed by atoms with van der Waals surface area (Å²) >= 11 is 0. The van der Waals surface area contributed by atoms with Crippen LogP contribution in [0.3, 0.4) is 0 Å². The summed E-state index contributed by atoms with van der Waals surface area (Å²) in [6, 6.07) is 8.77. The number of alkyl halides is 2. The molecule has 0 radical (unpaired) electrons. The Kier molecular flexibility index (Phi) is 5.39. The first-order valence-electron chi connectivity index (χ1n) is 8.11. The minimum absolute atomic E-state index is 0.111. The van der Waals surface area contributed by atoms with Gasteiger partial charge in [0.25, 0.3) is 6.43 Å². The zero-order valence-electron chi connectivity index (χ0n) is 12.9. The molecular weight excluding hydrogens is 286 g/mol. The molecule has 0 aromatic heterocycles. The Hall–Kier alpha value is -1.04. The van der Waals surface area contributed by atoms with Crippen molar-refractivity contribution in [2.45, 2.75) is 38.4 Å². The van der Waals surface area contributed by atoms with Gasteiger partial charge in [-0.3, -0.25) is 9.80 Å². The first kappa shape index (κ1) is 15.8. The normalized spacial score (nSPS) is 20.0. The molecule has 0 N–H and O–H groups in total. The molecule has 1 aliphatic carbocycles. The molecule has 1 saturated heterocycles. The lowest BCUT2D eigenvalue weighted by Crippen LogP contribution is -2.35. The minimum atomic E-state index is -2.25. The van der Waals surface area contributed by atoms with Crippen molar-refractivity contribution in [3.8, 4) is 0 Å². The van der Waals surface area contributed by atoms with Crippen molar-refractivity contribution in [3.63, 3.8) is 0 Å². The van der Waals surface area contributed by atoms with E-state index < -0.39 is 6.43 Å². The van der Waals surface area contributed by atoms with Crippen LogP contribution in [0.1, 0.15) is 24.0 Å². The summed E-state index contributed by atoms with van der Waals surface area (Å²) in [7, 11) is 0. The fourth-order valence-corrected chi connectivity index (χ4v) is 2.96. The number of rotatable bonds is 7. The predicted molar refractivity (Wildman–Crippen MR) is 82.0 cm³/mol. The van der Waals surface area contributed by atoms with Crippen LogP contribution in [-0.4, -0.2) is 55.1 Å². The summed E-state index contributed by atoms with van der Waals surface area (Å²) < 4.78 is 30.6. The van der Waals surface area contributed by atoms with E-state index in [1.807, 2.05) is 4.90 Å². The van der Waals surface area contributed by atoms with E-state index in [4.69, 9.17) is 4.74 Å². The monoisotopic (exact) mass is 310 g/mol. The Balaban J connectivity index is 1.53. The number of hydrogen-bond donors (Lipinski definition) is 0. The topological polar surface area (TPSA) is 15.7 Å². The van der Waals surface area contributed by atoms with E-state index >= 15 is 0 Å². The second-order valence-electron chi connectivity index (χ2n) is 6.26. The van der Waals surface area contributed by atoms with Gasteiger partial charge in [0.05, 0.1) is 19.8 Å².